The van der Waals surface area contributed by atoms with Gasteiger partial charge < -0.3 is 20.9 Å². The molecule has 0 saturated carbocycles. The first kappa shape index (κ1) is 18.3. The lowest BCUT2D eigenvalue weighted by Gasteiger charge is -2.19. The lowest BCUT2D eigenvalue weighted by atomic mass is 10.0. The molecule has 0 aliphatic carbocycles. The first-order valence-electron chi connectivity index (χ1n) is 7.71. The highest BCUT2D eigenvalue weighted by Crippen LogP contribution is 2.13. The molecule has 0 fully saturated rings. The monoisotopic (exact) mass is 336 g/mol. The summed E-state index contributed by atoms with van der Waals surface area (Å²) in [6.07, 6.45) is -0.539. The molecule has 0 saturated heterocycles. The summed E-state index contributed by atoms with van der Waals surface area (Å²) in [6, 6.07) is 10.7. The van der Waals surface area contributed by atoms with Crippen LogP contribution in [0, 0.1) is 11.6 Å². The van der Waals surface area contributed by atoms with E-state index in [1.165, 1.54) is 6.07 Å². The quantitative estimate of drug-likeness (QED) is 0.690. The second-order valence-corrected chi connectivity index (χ2v) is 5.67. The molecule has 130 valence electrons. The molecule has 2 aromatic carbocycles. The number of rotatable bonds is 8. The maximum Gasteiger partial charge on any atom is 0.159 e. The Morgan fingerprint density at radius 2 is 1.92 bits per heavy atom. The molecule has 0 aliphatic heterocycles. The van der Waals surface area contributed by atoms with Gasteiger partial charge in [0.15, 0.2) is 11.6 Å². The number of hydrogen-bond donors (Lipinski definition) is 3. The van der Waals surface area contributed by atoms with E-state index in [9.17, 15) is 13.9 Å². The van der Waals surface area contributed by atoms with E-state index < -0.39 is 23.8 Å². The van der Waals surface area contributed by atoms with Crippen LogP contribution in [-0.2, 0) is 13.0 Å². The van der Waals surface area contributed by atoms with Gasteiger partial charge in [0.2, 0.25) is 0 Å². The van der Waals surface area contributed by atoms with E-state index in [-0.39, 0.29) is 6.42 Å². The van der Waals surface area contributed by atoms with Gasteiger partial charge in [-0.15, -0.1) is 0 Å². The van der Waals surface area contributed by atoms with Gasteiger partial charge >= 0.3 is 0 Å². The van der Waals surface area contributed by atoms with Crippen molar-refractivity contribution in [1.29, 1.82) is 0 Å². The molecule has 6 heteroatoms. The summed E-state index contributed by atoms with van der Waals surface area (Å²) in [6.45, 7) is 0.855. The first-order valence-corrected chi connectivity index (χ1v) is 7.71. The fraction of sp³-hybridized carbons (Fsp3) is 0.333. The Hall–Kier alpha value is -2.02. The molecule has 2 unspecified atom stereocenters. The maximum absolute atomic E-state index is 13.2. The minimum atomic E-state index is -0.912. The predicted octanol–water partition coefficient (Wildman–Crippen LogP) is 1.99. The summed E-state index contributed by atoms with van der Waals surface area (Å²) < 4.78 is 31.2. The molecule has 4 nitrogen and oxygen atoms in total. The Morgan fingerprint density at radius 1 is 1.12 bits per heavy atom. The van der Waals surface area contributed by atoms with Crippen molar-refractivity contribution in [2.45, 2.75) is 25.1 Å². The van der Waals surface area contributed by atoms with Crippen LogP contribution in [0.25, 0.3) is 0 Å². The normalized spacial score (nSPS) is 13.5. The number of aliphatic hydroxyl groups is 1. The molecule has 0 radical (unpaired) electrons. The van der Waals surface area contributed by atoms with Crippen LogP contribution in [0.4, 0.5) is 8.78 Å². The topological polar surface area (TPSA) is 67.5 Å². The lowest BCUT2D eigenvalue weighted by molar-refractivity contribution is 0.141. The summed E-state index contributed by atoms with van der Waals surface area (Å²) >= 11 is 0. The molecular weight excluding hydrogens is 314 g/mol. The Bertz CT molecular complexity index is 667. The van der Waals surface area contributed by atoms with Crippen molar-refractivity contribution >= 4 is 0 Å². The van der Waals surface area contributed by atoms with Crippen LogP contribution < -0.4 is 15.8 Å². The number of ether oxygens (including phenoxy) is 1. The Balaban J connectivity index is 1.80. The van der Waals surface area contributed by atoms with Gasteiger partial charge in [0.05, 0.1) is 13.2 Å². The van der Waals surface area contributed by atoms with Gasteiger partial charge in [0.25, 0.3) is 0 Å². The molecule has 0 bridgehead atoms. The third-order valence-corrected chi connectivity index (χ3v) is 3.77. The van der Waals surface area contributed by atoms with Crippen molar-refractivity contribution in [2.75, 3.05) is 13.7 Å². The highest BCUT2D eigenvalue weighted by atomic mass is 19.2. The summed E-state index contributed by atoms with van der Waals surface area (Å²) in [5.74, 6) is -1.04. The zero-order valence-corrected chi connectivity index (χ0v) is 13.5. The van der Waals surface area contributed by atoms with Crippen molar-refractivity contribution < 1.29 is 18.6 Å². The fourth-order valence-corrected chi connectivity index (χ4v) is 2.37. The molecule has 0 heterocycles. The van der Waals surface area contributed by atoms with Crippen LogP contribution in [0.3, 0.4) is 0 Å². The van der Waals surface area contributed by atoms with Crippen molar-refractivity contribution in [3.63, 3.8) is 0 Å². The minimum Gasteiger partial charge on any atom is -0.497 e. The number of methoxy groups -OCH3 is 1. The van der Waals surface area contributed by atoms with Crippen molar-refractivity contribution in [1.82, 2.24) is 5.32 Å². The van der Waals surface area contributed by atoms with Gasteiger partial charge in [-0.05, 0) is 41.8 Å². The number of nitrogens with two attached hydrogens (primary N) is 1. The van der Waals surface area contributed by atoms with Gasteiger partial charge in [-0.3, -0.25) is 0 Å². The number of nitrogens with one attached hydrogen (secondary N) is 1. The Kier molecular flexibility index (Phi) is 6.66. The lowest BCUT2D eigenvalue weighted by Crippen LogP contribution is -2.43. The van der Waals surface area contributed by atoms with E-state index in [1.54, 1.807) is 7.11 Å². The molecule has 4 N–H and O–H groups in total. The van der Waals surface area contributed by atoms with Crippen molar-refractivity contribution in [3.8, 4) is 5.75 Å². The largest absolute Gasteiger partial charge is 0.497 e. The second-order valence-electron chi connectivity index (χ2n) is 5.67. The van der Waals surface area contributed by atoms with Gasteiger partial charge in [-0.25, -0.2) is 8.78 Å². The molecule has 0 aliphatic rings. The fourth-order valence-electron chi connectivity index (χ4n) is 2.37. The van der Waals surface area contributed by atoms with Crippen molar-refractivity contribution in [3.05, 3.63) is 65.2 Å². The van der Waals surface area contributed by atoms with Gasteiger partial charge in [-0.2, -0.15) is 0 Å². The van der Waals surface area contributed by atoms with E-state index in [1.807, 2.05) is 24.3 Å². The molecule has 0 aromatic heterocycles. The highest BCUT2D eigenvalue weighted by Gasteiger charge is 2.16. The number of benzene rings is 2. The molecule has 0 amide bonds. The molecule has 2 rings (SSSR count). The van der Waals surface area contributed by atoms with Gasteiger partial charge in [-0.1, -0.05) is 18.2 Å². The number of aliphatic hydroxyl groups excluding tert-OH is 1. The van der Waals surface area contributed by atoms with E-state index in [2.05, 4.69) is 5.32 Å². The SMILES string of the molecule is COc1cccc(CNCC(O)C(N)Cc2ccc(F)c(F)c2)c1. The van der Waals surface area contributed by atoms with Crippen LogP contribution in [-0.4, -0.2) is 30.9 Å². The zero-order valence-electron chi connectivity index (χ0n) is 13.5. The number of hydrogen-bond acceptors (Lipinski definition) is 4. The van der Waals surface area contributed by atoms with E-state index in [0.717, 1.165) is 23.4 Å². The van der Waals surface area contributed by atoms with Crippen LogP contribution in [0.2, 0.25) is 0 Å². The molecule has 0 spiro atoms. The standard InChI is InChI=1S/C18H22F2N2O2/c1-24-14-4-2-3-13(7-14)10-22-11-18(23)17(21)9-12-5-6-15(19)16(20)8-12/h2-8,17-18,22-23H,9-11,21H2,1H3. The smallest absolute Gasteiger partial charge is 0.159 e. The highest BCUT2D eigenvalue weighted by molar-refractivity contribution is 5.28. The maximum atomic E-state index is 13.2. The second kappa shape index (κ2) is 8.73. The Labute approximate surface area is 140 Å². The van der Waals surface area contributed by atoms with Crippen LogP contribution in [0.15, 0.2) is 42.5 Å². The minimum absolute atomic E-state index is 0.263. The summed E-state index contributed by atoms with van der Waals surface area (Å²) in [5, 5.41) is 13.2. The molecular formula is C18H22F2N2O2. The Morgan fingerprint density at radius 3 is 2.62 bits per heavy atom. The van der Waals surface area contributed by atoms with Crippen LogP contribution >= 0.6 is 0 Å². The third-order valence-electron chi connectivity index (χ3n) is 3.77. The van der Waals surface area contributed by atoms with Crippen molar-refractivity contribution in [2.24, 2.45) is 5.73 Å². The average Bonchev–Trinajstić information content (AvgIpc) is 2.58. The predicted molar refractivity (Wildman–Crippen MR) is 88.7 cm³/mol. The third kappa shape index (κ3) is 5.26. The van der Waals surface area contributed by atoms with Gasteiger partial charge in [0.1, 0.15) is 5.75 Å². The van der Waals surface area contributed by atoms with E-state index in [0.29, 0.717) is 18.7 Å². The zero-order chi connectivity index (χ0) is 17.5. The molecule has 2 aromatic rings. The van der Waals surface area contributed by atoms with Crippen LogP contribution in [0.1, 0.15) is 11.1 Å². The molecule has 2 atom stereocenters. The summed E-state index contributed by atoms with van der Waals surface area (Å²) in [5.41, 5.74) is 7.51. The van der Waals surface area contributed by atoms with Crippen LogP contribution in [0.5, 0.6) is 5.75 Å². The first-order chi connectivity index (χ1) is 11.5. The van der Waals surface area contributed by atoms with E-state index in [4.69, 9.17) is 10.5 Å². The average molecular weight is 336 g/mol. The number of halogens is 2. The summed E-state index contributed by atoms with van der Waals surface area (Å²) in [7, 11) is 1.60. The molecule has 24 heavy (non-hydrogen) atoms. The summed E-state index contributed by atoms with van der Waals surface area (Å²) in [4.78, 5) is 0. The van der Waals surface area contributed by atoms with E-state index >= 15 is 0 Å². The van der Waals surface area contributed by atoms with Gasteiger partial charge in [0, 0.05) is 19.1 Å².